The molecule has 19 heavy (non-hydrogen) atoms. The zero-order chi connectivity index (χ0) is 13.1. The van der Waals surface area contributed by atoms with Crippen LogP contribution in [0.4, 0.5) is 0 Å². The minimum absolute atomic E-state index is 0.125. The molecule has 1 aromatic carbocycles. The van der Waals surface area contributed by atoms with Gasteiger partial charge in [0.25, 0.3) is 0 Å². The summed E-state index contributed by atoms with van der Waals surface area (Å²) in [7, 11) is 0. The summed E-state index contributed by atoms with van der Waals surface area (Å²) in [4.78, 5) is 12.3. The predicted octanol–water partition coefficient (Wildman–Crippen LogP) is 1.89. The smallest absolute Gasteiger partial charge is 0.241 e. The van der Waals surface area contributed by atoms with Crippen LogP contribution in [0.5, 0.6) is 0 Å². The van der Waals surface area contributed by atoms with E-state index in [1.54, 1.807) is 0 Å². The van der Waals surface area contributed by atoms with Crippen molar-refractivity contribution in [2.45, 2.75) is 30.6 Å². The van der Waals surface area contributed by atoms with Gasteiger partial charge in [-0.2, -0.15) is 11.8 Å². The summed E-state index contributed by atoms with van der Waals surface area (Å²) in [5.41, 5.74) is 2.45. The first-order valence-electron chi connectivity index (χ1n) is 7.05. The van der Waals surface area contributed by atoms with E-state index in [4.69, 9.17) is 0 Å². The SMILES string of the molecule is O=C(NCC1CCCS1)C1NCCc2ccccc21. The molecule has 1 saturated heterocycles. The van der Waals surface area contributed by atoms with Gasteiger partial charge in [0.05, 0.1) is 0 Å². The van der Waals surface area contributed by atoms with Crippen LogP contribution in [0, 0.1) is 0 Å². The molecule has 3 rings (SSSR count). The van der Waals surface area contributed by atoms with Crippen LogP contribution in [0.25, 0.3) is 0 Å². The minimum atomic E-state index is -0.170. The number of nitrogens with one attached hydrogen (secondary N) is 2. The lowest BCUT2D eigenvalue weighted by Crippen LogP contribution is -2.43. The molecule has 0 bridgehead atoms. The Kier molecular flexibility index (Phi) is 4.09. The molecule has 102 valence electrons. The molecule has 1 aromatic rings. The fourth-order valence-electron chi connectivity index (χ4n) is 2.86. The summed E-state index contributed by atoms with van der Waals surface area (Å²) >= 11 is 1.98. The molecule has 0 aliphatic carbocycles. The molecule has 3 nitrogen and oxygen atoms in total. The zero-order valence-electron chi connectivity index (χ0n) is 11.0. The molecule has 2 atom stereocenters. The Morgan fingerprint density at radius 3 is 3.16 bits per heavy atom. The Hall–Kier alpha value is -1.00. The number of fused-ring (bicyclic) bond motifs is 1. The lowest BCUT2D eigenvalue weighted by molar-refractivity contribution is -0.123. The summed E-state index contributed by atoms with van der Waals surface area (Å²) in [5, 5.41) is 7.06. The van der Waals surface area contributed by atoms with E-state index in [-0.39, 0.29) is 11.9 Å². The normalized spacial score (nSPS) is 25.9. The Labute approximate surface area is 118 Å². The molecule has 2 N–H and O–H groups in total. The predicted molar refractivity (Wildman–Crippen MR) is 79.4 cm³/mol. The molecule has 2 aliphatic heterocycles. The molecule has 1 amide bonds. The Morgan fingerprint density at radius 2 is 2.32 bits per heavy atom. The van der Waals surface area contributed by atoms with Crippen LogP contribution in [0.1, 0.15) is 30.0 Å². The topological polar surface area (TPSA) is 41.1 Å². The minimum Gasteiger partial charge on any atom is -0.353 e. The van der Waals surface area contributed by atoms with E-state index in [0.29, 0.717) is 5.25 Å². The second-order valence-corrected chi connectivity index (χ2v) is 6.62. The van der Waals surface area contributed by atoms with E-state index in [0.717, 1.165) is 25.1 Å². The van der Waals surface area contributed by atoms with Crippen molar-refractivity contribution in [3.63, 3.8) is 0 Å². The van der Waals surface area contributed by atoms with Crippen molar-refractivity contribution in [2.75, 3.05) is 18.8 Å². The largest absolute Gasteiger partial charge is 0.353 e. The van der Waals surface area contributed by atoms with E-state index < -0.39 is 0 Å². The summed E-state index contributed by atoms with van der Waals surface area (Å²) in [5.74, 6) is 1.37. The third-order valence-corrected chi connectivity index (χ3v) is 5.30. The van der Waals surface area contributed by atoms with Crippen molar-refractivity contribution in [3.05, 3.63) is 35.4 Å². The van der Waals surface area contributed by atoms with Crippen molar-refractivity contribution in [3.8, 4) is 0 Å². The van der Waals surface area contributed by atoms with Crippen LogP contribution in [-0.2, 0) is 11.2 Å². The van der Waals surface area contributed by atoms with Crippen LogP contribution in [0.2, 0.25) is 0 Å². The van der Waals surface area contributed by atoms with Gasteiger partial charge in [0, 0.05) is 18.3 Å². The van der Waals surface area contributed by atoms with Gasteiger partial charge >= 0.3 is 0 Å². The summed E-state index contributed by atoms with van der Waals surface area (Å²) in [6.07, 6.45) is 3.54. The highest BCUT2D eigenvalue weighted by Gasteiger charge is 2.26. The van der Waals surface area contributed by atoms with Crippen molar-refractivity contribution < 1.29 is 4.79 Å². The number of benzene rings is 1. The molecule has 0 radical (unpaired) electrons. The van der Waals surface area contributed by atoms with Crippen molar-refractivity contribution in [1.82, 2.24) is 10.6 Å². The number of amides is 1. The molecule has 0 aromatic heterocycles. The standard InChI is InChI=1S/C15H20N2OS/c18-15(17-10-12-5-3-9-19-12)14-13-6-2-1-4-11(13)7-8-16-14/h1-2,4,6,12,14,16H,3,5,7-10H2,(H,17,18). The van der Waals surface area contributed by atoms with E-state index in [2.05, 4.69) is 22.8 Å². The number of carbonyl (C=O) groups is 1. The molecule has 2 aliphatic rings. The molecule has 4 heteroatoms. The average Bonchev–Trinajstić information content (AvgIpc) is 2.97. The van der Waals surface area contributed by atoms with Crippen LogP contribution in [-0.4, -0.2) is 30.0 Å². The highest BCUT2D eigenvalue weighted by atomic mass is 32.2. The third kappa shape index (κ3) is 2.95. The number of carbonyl (C=O) groups excluding carboxylic acids is 1. The fourth-order valence-corrected chi connectivity index (χ4v) is 4.06. The van der Waals surface area contributed by atoms with Crippen LogP contribution >= 0.6 is 11.8 Å². The van der Waals surface area contributed by atoms with Gasteiger partial charge < -0.3 is 10.6 Å². The molecule has 2 heterocycles. The van der Waals surface area contributed by atoms with E-state index in [9.17, 15) is 4.79 Å². The summed E-state index contributed by atoms with van der Waals surface area (Å²) < 4.78 is 0. The molecule has 1 fully saturated rings. The number of hydrogen-bond acceptors (Lipinski definition) is 3. The Bertz CT molecular complexity index is 457. The molecule has 2 unspecified atom stereocenters. The quantitative estimate of drug-likeness (QED) is 0.886. The highest BCUT2D eigenvalue weighted by molar-refractivity contribution is 8.00. The molecule has 0 spiro atoms. The van der Waals surface area contributed by atoms with Gasteiger partial charge in [-0.1, -0.05) is 24.3 Å². The van der Waals surface area contributed by atoms with Crippen LogP contribution in [0.3, 0.4) is 0 Å². The van der Waals surface area contributed by atoms with Gasteiger partial charge in [-0.05, 0) is 36.1 Å². The number of rotatable bonds is 3. The number of thioether (sulfide) groups is 1. The maximum Gasteiger partial charge on any atom is 0.241 e. The molecular formula is C15H20N2OS. The lowest BCUT2D eigenvalue weighted by Gasteiger charge is -2.26. The average molecular weight is 276 g/mol. The third-order valence-electron chi connectivity index (χ3n) is 3.90. The van der Waals surface area contributed by atoms with E-state index in [1.807, 2.05) is 23.9 Å². The van der Waals surface area contributed by atoms with Crippen molar-refractivity contribution >= 4 is 17.7 Å². The highest BCUT2D eigenvalue weighted by Crippen LogP contribution is 2.26. The monoisotopic (exact) mass is 276 g/mol. The summed E-state index contributed by atoms with van der Waals surface area (Å²) in [6, 6.07) is 8.09. The second-order valence-electron chi connectivity index (χ2n) is 5.22. The lowest BCUT2D eigenvalue weighted by atomic mass is 9.94. The molecular weight excluding hydrogens is 256 g/mol. The summed E-state index contributed by atoms with van der Waals surface area (Å²) in [6.45, 7) is 1.69. The first kappa shape index (κ1) is 13.0. The van der Waals surface area contributed by atoms with Gasteiger partial charge in [0.15, 0.2) is 0 Å². The number of hydrogen-bond donors (Lipinski definition) is 2. The van der Waals surface area contributed by atoms with Gasteiger partial charge in [-0.25, -0.2) is 0 Å². The van der Waals surface area contributed by atoms with Gasteiger partial charge in [-0.3, -0.25) is 4.79 Å². The first-order chi connectivity index (χ1) is 9.34. The van der Waals surface area contributed by atoms with Gasteiger partial charge in [0.1, 0.15) is 6.04 Å². The van der Waals surface area contributed by atoms with Gasteiger partial charge in [0.2, 0.25) is 5.91 Å². The zero-order valence-corrected chi connectivity index (χ0v) is 11.8. The van der Waals surface area contributed by atoms with Crippen LogP contribution < -0.4 is 10.6 Å². The Balaban J connectivity index is 1.64. The van der Waals surface area contributed by atoms with Gasteiger partial charge in [-0.15, -0.1) is 0 Å². The fraction of sp³-hybridized carbons (Fsp3) is 0.533. The van der Waals surface area contributed by atoms with Crippen LogP contribution in [0.15, 0.2) is 24.3 Å². The molecule has 0 saturated carbocycles. The van der Waals surface area contributed by atoms with Crippen molar-refractivity contribution in [2.24, 2.45) is 0 Å². The maximum atomic E-state index is 12.3. The first-order valence-corrected chi connectivity index (χ1v) is 8.10. The maximum absolute atomic E-state index is 12.3. The van der Waals surface area contributed by atoms with Crippen molar-refractivity contribution in [1.29, 1.82) is 0 Å². The second kappa shape index (κ2) is 5.97. The van der Waals surface area contributed by atoms with E-state index in [1.165, 1.54) is 24.2 Å². The Morgan fingerprint density at radius 1 is 1.42 bits per heavy atom. The van der Waals surface area contributed by atoms with E-state index >= 15 is 0 Å².